The fraction of sp³-hybridized carbons (Fsp3) is 0.444. The van der Waals surface area contributed by atoms with Crippen LogP contribution in [0.1, 0.15) is 10.5 Å². The summed E-state index contributed by atoms with van der Waals surface area (Å²) in [5.74, 6) is -1.19. The van der Waals surface area contributed by atoms with Crippen molar-refractivity contribution in [3.8, 4) is 0 Å². The second-order valence-corrected chi connectivity index (χ2v) is 3.53. The minimum atomic E-state index is -4.46. The molecule has 0 saturated carbocycles. The van der Waals surface area contributed by atoms with E-state index < -0.39 is 24.7 Å². The molecule has 0 aliphatic heterocycles. The number of hydrogen-bond donors (Lipinski definition) is 3. The highest BCUT2D eigenvalue weighted by atomic mass is 19.4. The number of carboxylic acid groups (broad SMARTS) is 1. The third-order valence-corrected chi connectivity index (χ3v) is 1.96. The number of amides is 2. The number of rotatable bonds is 5. The van der Waals surface area contributed by atoms with E-state index in [9.17, 15) is 22.8 Å². The van der Waals surface area contributed by atoms with Gasteiger partial charge in [-0.15, -0.1) is 0 Å². The van der Waals surface area contributed by atoms with Gasteiger partial charge in [0.2, 0.25) is 0 Å². The van der Waals surface area contributed by atoms with Crippen molar-refractivity contribution in [1.29, 1.82) is 0 Å². The van der Waals surface area contributed by atoms with Crippen molar-refractivity contribution in [2.75, 3.05) is 13.1 Å². The Morgan fingerprint density at radius 2 is 2.05 bits per heavy atom. The first kappa shape index (κ1) is 14.8. The summed E-state index contributed by atoms with van der Waals surface area (Å²) in [4.78, 5) is 25.0. The molecule has 1 rings (SSSR count). The Hall–Kier alpha value is -2.26. The molecule has 0 spiro atoms. The molecule has 3 N–H and O–H groups in total. The Morgan fingerprint density at radius 3 is 2.58 bits per heavy atom. The van der Waals surface area contributed by atoms with E-state index in [1.54, 1.807) is 5.32 Å². The van der Waals surface area contributed by atoms with E-state index in [0.717, 1.165) is 0 Å². The second-order valence-electron chi connectivity index (χ2n) is 3.53. The van der Waals surface area contributed by atoms with Gasteiger partial charge in [-0.1, -0.05) is 0 Å². The van der Waals surface area contributed by atoms with Gasteiger partial charge < -0.3 is 20.3 Å². The number of hydrogen-bond acceptors (Lipinski definition) is 3. The van der Waals surface area contributed by atoms with Crippen molar-refractivity contribution >= 4 is 12.0 Å². The van der Waals surface area contributed by atoms with Crippen LogP contribution in [0.4, 0.5) is 18.0 Å². The summed E-state index contributed by atoms with van der Waals surface area (Å²) in [5.41, 5.74) is -0.151. The minimum Gasteiger partial charge on any atom is -0.476 e. The zero-order valence-electron chi connectivity index (χ0n) is 9.57. The lowest BCUT2D eigenvalue weighted by Gasteiger charge is -2.09. The van der Waals surface area contributed by atoms with Crippen molar-refractivity contribution in [3.63, 3.8) is 0 Å². The number of aromatic nitrogens is 2. The molecule has 19 heavy (non-hydrogen) atoms. The molecule has 0 aliphatic carbocycles. The van der Waals surface area contributed by atoms with E-state index in [1.165, 1.54) is 17.1 Å². The quantitative estimate of drug-likeness (QED) is 0.729. The molecule has 0 aliphatic rings. The molecule has 0 atom stereocenters. The van der Waals surface area contributed by atoms with Crippen LogP contribution < -0.4 is 10.6 Å². The number of urea groups is 1. The third kappa shape index (κ3) is 5.75. The molecule has 0 unspecified atom stereocenters. The van der Waals surface area contributed by atoms with E-state index in [0.29, 0.717) is 0 Å². The molecule has 10 heteroatoms. The van der Waals surface area contributed by atoms with Gasteiger partial charge in [0.15, 0.2) is 5.69 Å². The Kier molecular flexibility index (Phi) is 4.73. The maximum absolute atomic E-state index is 11.8. The number of imidazole rings is 1. The molecule has 0 fully saturated rings. The van der Waals surface area contributed by atoms with Gasteiger partial charge in [-0.2, -0.15) is 13.2 Å². The van der Waals surface area contributed by atoms with E-state index >= 15 is 0 Å². The molecule has 0 bridgehead atoms. The highest BCUT2D eigenvalue weighted by Crippen LogP contribution is 2.11. The lowest BCUT2D eigenvalue weighted by molar-refractivity contribution is -0.122. The summed E-state index contributed by atoms with van der Waals surface area (Å²) in [6.07, 6.45) is -1.96. The minimum absolute atomic E-state index is 0.0408. The van der Waals surface area contributed by atoms with Gasteiger partial charge >= 0.3 is 18.2 Å². The summed E-state index contributed by atoms with van der Waals surface area (Å²) in [5, 5.41) is 12.4. The first-order valence-electron chi connectivity index (χ1n) is 5.11. The van der Waals surface area contributed by atoms with Crippen molar-refractivity contribution < 1.29 is 27.9 Å². The molecule has 0 radical (unpaired) electrons. The van der Waals surface area contributed by atoms with Gasteiger partial charge in [0.05, 0.1) is 6.33 Å². The zero-order chi connectivity index (χ0) is 14.5. The van der Waals surface area contributed by atoms with Crippen LogP contribution in [0.2, 0.25) is 0 Å². The van der Waals surface area contributed by atoms with Crippen LogP contribution in [-0.2, 0) is 6.54 Å². The fourth-order valence-electron chi connectivity index (χ4n) is 1.13. The normalized spacial score (nSPS) is 11.1. The highest BCUT2D eigenvalue weighted by molar-refractivity contribution is 5.84. The Morgan fingerprint density at radius 1 is 1.37 bits per heavy atom. The van der Waals surface area contributed by atoms with Gasteiger partial charge in [-0.3, -0.25) is 0 Å². The zero-order valence-corrected chi connectivity index (χ0v) is 9.57. The topological polar surface area (TPSA) is 96.2 Å². The molecule has 1 heterocycles. The lowest BCUT2D eigenvalue weighted by atomic mass is 10.5. The third-order valence-electron chi connectivity index (χ3n) is 1.96. The maximum atomic E-state index is 11.8. The van der Waals surface area contributed by atoms with Crippen molar-refractivity contribution in [2.24, 2.45) is 0 Å². The number of aromatic carboxylic acids is 1. The van der Waals surface area contributed by atoms with Crippen LogP contribution >= 0.6 is 0 Å². The smallest absolute Gasteiger partial charge is 0.405 e. The molecule has 7 nitrogen and oxygen atoms in total. The van der Waals surface area contributed by atoms with Gasteiger partial charge in [-0.25, -0.2) is 14.6 Å². The van der Waals surface area contributed by atoms with E-state index in [1.807, 2.05) is 0 Å². The number of halogens is 3. The summed E-state index contributed by atoms with van der Waals surface area (Å²) in [6, 6.07) is -0.948. The Bertz CT molecular complexity index is 458. The standard InChI is InChI=1S/C9H11F3N4O3/c10-9(11,12)4-14-8(19)13-1-2-16-3-6(7(17)18)15-5-16/h3,5H,1-2,4H2,(H,17,18)(H2,13,14,19). The lowest BCUT2D eigenvalue weighted by Crippen LogP contribution is -2.41. The highest BCUT2D eigenvalue weighted by Gasteiger charge is 2.27. The second kappa shape index (κ2) is 6.07. The average molecular weight is 280 g/mol. The molecule has 0 saturated heterocycles. The maximum Gasteiger partial charge on any atom is 0.405 e. The van der Waals surface area contributed by atoms with E-state index in [-0.39, 0.29) is 18.8 Å². The van der Waals surface area contributed by atoms with Crippen LogP contribution in [0.5, 0.6) is 0 Å². The number of nitrogens with one attached hydrogen (secondary N) is 2. The first-order chi connectivity index (χ1) is 8.78. The molecule has 1 aromatic rings. The molecule has 106 valence electrons. The summed E-state index contributed by atoms with van der Waals surface area (Å²) in [6.45, 7) is -1.17. The first-order valence-corrected chi connectivity index (χ1v) is 5.11. The van der Waals surface area contributed by atoms with Crippen LogP contribution in [0.3, 0.4) is 0 Å². The van der Waals surface area contributed by atoms with Crippen LogP contribution in [0, 0.1) is 0 Å². The van der Waals surface area contributed by atoms with Crippen molar-refractivity contribution in [2.45, 2.75) is 12.7 Å². The van der Waals surface area contributed by atoms with E-state index in [2.05, 4.69) is 10.3 Å². The monoisotopic (exact) mass is 280 g/mol. The van der Waals surface area contributed by atoms with Gasteiger partial charge in [0.25, 0.3) is 0 Å². The number of carboxylic acids is 1. The number of carbonyl (C=O) groups excluding carboxylic acids is 1. The molecule has 2 amide bonds. The van der Waals surface area contributed by atoms with Crippen LogP contribution in [0.25, 0.3) is 0 Å². The van der Waals surface area contributed by atoms with E-state index in [4.69, 9.17) is 5.11 Å². The predicted molar refractivity (Wildman–Crippen MR) is 56.6 cm³/mol. The average Bonchev–Trinajstić information content (AvgIpc) is 2.74. The largest absolute Gasteiger partial charge is 0.476 e. The fourth-order valence-corrected chi connectivity index (χ4v) is 1.13. The number of alkyl halides is 3. The van der Waals surface area contributed by atoms with Crippen molar-refractivity contribution in [3.05, 3.63) is 18.2 Å². The molecular formula is C9H11F3N4O3. The summed E-state index contributed by atoms with van der Waals surface area (Å²) < 4.78 is 36.7. The Labute approximate surface area is 105 Å². The van der Waals surface area contributed by atoms with Gasteiger partial charge in [0.1, 0.15) is 6.54 Å². The SMILES string of the molecule is O=C(NCCn1cnc(C(=O)O)c1)NCC(F)(F)F. The van der Waals surface area contributed by atoms with Gasteiger partial charge in [-0.05, 0) is 0 Å². The summed E-state index contributed by atoms with van der Waals surface area (Å²) >= 11 is 0. The molecular weight excluding hydrogens is 269 g/mol. The van der Waals surface area contributed by atoms with Crippen LogP contribution in [-0.4, -0.2) is 45.9 Å². The number of nitrogens with zero attached hydrogens (tertiary/aromatic N) is 2. The predicted octanol–water partition coefficient (Wildman–Crippen LogP) is 0.443. The summed E-state index contributed by atoms with van der Waals surface area (Å²) in [7, 11) is 0. The number of carbonyl (C=O) groups is 2. The van der Waals surface area contributed by atoms with Crippen LogP contribution in [0.15, 0.2) is 12.5 Å². The Balaban J connectivity index is 2.26. The molecule has 0 aromatic carbocycles. The van der Waals surface area contributed by atoms with Gasteiger partial charge in [0, 0.05) is 19.3 Å². The molecule has 1 aromatic heterocycles. The van der Waals surface area contributed by atoms with Crippen molar-refractivity contribution in [1.82, 2.24) is 20.2 Å².